The number of hydrogen-bond donors (Lipinski definition) is 1. The van der Waals surface area contributed by atoms with Gasteiger partial charge in [0.1, 0.15) is 10.6 Å². The van der Waals surface area contributed by atoms with Gasteiger partial charge in [-0.15, -0.1) is 0 Å². The summed E-state index contributed by atoms with van der Waals surface area (Å²) in [6, 6.07) is 1.79. The quantitative estimate of drug-likeness (QED) is 0.570. The lowest BCUT2D eigenvalue weighted by atomic mass is 10.2. The van der Waals surface area contributed by atoms with Gasteiger partial charge in [-0.3, -0.25) is 18.7 Å². The molecule has 0 aliphatic heterocycles. The predicted octanol–water partition coefficient (Wildman–Crippen LogP) is 3.20. The Hall–Kier alpha value is -2.90. The van der Waals surface area contributed by atoms with Crippen LogP contribution in [0.1, 0.15) is 46.4 Å². The number of rotatable bonds is 5. The molecule has 1 fully saturated rings. The van der Waals surface area contributed by atoms with Crippen LogP contribution in [0.15, 0.2) is 16.9 Å². The minimum atomic E-state index is -4.85. The smallest absolute Gasteiger partial charge is 0.359 e. The van der Waals surface area contributed by atoms with Gasteiger partial charge in [0, 0.05) is 19.0 Å². The van der Waals surface area contributed by atoms with E-state index in [1.807, 2.05) is 0 Å². The number of thiazole rings is 1. The first kappa shape index (κ1) is 22.3. The molecule has 3 aromatic rings. The molecule has 0 aromatic carbocycles. The summed E-state index contributed by atoms with van der Waals surface area (Å²) in [5.74, 6) is -0.803. The second-order valence-electron chi connectivity index (χ2n) is 7.31. The zero-order chi connectivity index (χ0) is 23.4. The maximum Gasteiger partial charge on any atom is 0.433 e. The standard InChI is InChI=1S/C18H15F6N5O2S/c1-25-13(30)6-11-15(18(22,23)24)32-16-26-9(4-14(31)29(11)16)7-28-12(17(19,20)21)5-10(27-28)8-2-3-8/h4-5,8H,2-3,6-7H2,1H3,(H,25,30). The Balaban J connectivity index is 1.79. The number of likely N-dealkylation sites (N-methyl/N-ethyl adjacent to an activating group) is 1. The summed E-state index contributed by atoms with van der Waals surface area (Å²) in [5.41, 5.74) is -2.43. The normalized spacial score (nSPS) is 14.8. The van der Waals surface area contributed by atoms with Crippen LogP contribution in [0.2, 0.25) is 0 Å². The molecule has 1 saturated carbocycles. The van der Waals surface area contributed by atoms with Crippen LogP contribution in [0.5, 0.6) is 0 Å². The number of hydrogen-bond acceptors (Lipinski definition) is 5. The van der Waals surface area contributed by atoms with Crippen molar-refractivity contribution >= 4 is 22.2 Å². The Labute approximate surface area is 179 Å². The molecule has 4 rings (SSSR count). The van der Waals surface area contributed by atoms with Crippen LogP contribution in [0.4, 0.5) is 26.3 Å². The highest BCUT2D eigenvalue weighted by atomic mass is 32.1. The summed E-state index contributed by atoms with van der Waals surface area (Å²) in [6.07, 6.45) is -8.81. The molecule has 14 heteroatoms. The van der Waals surface area contributed by atoms with Crippen LogP contribution < -0.4 is 10.9 Å². The average molecular weight is 479 g/mol. The van der Waals surface area contributed by atoms with E-state index in [1.54, 1.807) is 0 Å². The summed E-state index contributed by atoms with van der Waals surface area (Å²) in [4.78, 5) is 26.7. The van der Waals surface area contributed by atoms with Crippen LogP contribution >= 0.6 is 11.3 Å². The van der Waals surface area contributed by atoms with E-state index >= 15 is 0 Å². The molecule has 3 aromatic heterocycles. The zero-order valence-electron chi connectivity index (χ0n) is 16.3. The first-order valence-corrected chi connectivity index (χ1v) is 10.2. The van der Waals surface area contributed by atoms with Crippen molar-refractivity contribution in [3.8, 4) is 0 Å². The first-order valence-electron chi connectivity index (χ1n) is 9.35. The summed E-state index contributed by atoms with van der Waals surface area (Å²) < 4.78 is 82.0. The third kappa shape index (κ3) is 4.23. The molecule has 0 atom stereocenters. The van der Waals surface area contributed by atoms with Crippen LogP contribution in [-0.4, -0.2) is 32.1 Å². The number of carbonyl (C=O) groups excluding carboxylic acids is 1. The van der Waals surface area contributed by atoms with Crippen molar-refractivity contribution in [2.45, 2.75) is 44.1 Å². The average Bonchev–Trinajstić information content (AvgIpc) is 3.32. The highest BCUT2D eigenvalue weighted by Gasteiger charge is 2.40. The molecule has 0 saturated heterocycles. The van der Waals surface area contributed by atoms with Crippen molar-refractivity contribution in [2.24, 2.45) is 0 Å². The van der Waals surface area contributed by atoms with E-state index < -0.39 is 53.0 Å². The lowest BCUT2D eigenvalue weighted by molar-refractivity contribution is -0.144. The van der Waals surface area contributed by atoms with E-state index in [-0.39, 0.29) is 33.6 Å². The second kappa shape index (κ2) is 7.60. The largest absolute Gasteiger partial charge is 0.433 e. The SMILES string of the molecule is CNC(=O)Cc1c(C(F)(F)F)sc2nc(Cn3nc(C4CC4)cc3C(F)(F)F)cc(=O)n12. The number of carbonyl (C=O) groups is 1. The van der Waals surface area contributed by atoms with E-state index in [1.165, 1.54) is 7.05 Å². The van der Waals surface area contributed by atoms with Crippen molar-refractivity contribution in [3.05, 3.63) is 50.1 Å². The van der Waals surface area contributed by atoms with Crippen molar-refractivity contribution in [3.63, 3.8) is 0 Å². The maximum atomic E-state index is 13.5. The van der Waals surface area contributed by atoms with Crippen molar-refractivity contribution in [1.82, 2.24) is 24.5 Å². The molecule has 0 unspecified atom stereocenters. The van der Waals surface area contributed by atoms with Gasteiger partial charge in [-0.25, -0.2) is 4.98 Å². The molecule has 0 radical (unpaired) electrons. The van der Waals surface area contributed by atoms with Crippen molar-refractivity contribution in [1.29, 1.82) is 0 Å². The fourth-order valence-corrected chi connectivity index (χ4v) is 4.33. The highest BCUT2D eigenvalue weighted by Crippen LogP contribution is 2.42. The molecule has 1 aliphatic rings. The van der Waals surface area contributed by atoms with Gasteiger partial charge in [-0.2, -0.15) is 31.4 Å². The number of amides is 1. The summed E-state index contributed by atoms with van der Waals surface area (Å²) in [5, 5.41) is 6.17. The topological polar surface area (TPSA) is 81.3 Å². The number of aromatic nitrogens is 4. The van der Waals surface area contributed by atoms with Gasteiger partial charge in [0.15, 0.2) is 4.96 Å². The summed E-state index contributed by atoms with van der Waals surface area (Å²) >= 11 is 0.147. The summed E-state index contributed by atoms with van der Waals surface area (Å²) in [6.45, 7) is -0.544. The molecule has 32 heavy (non-hydrogen) atoms. The van der Waals surface area contributed by atoms with E-state index in [9.17, 15) is 35.9 Å². The van der Waals surface area contributed by atoms with Gasteiger partial charge in [-0.1, -0.05) is 11.3 Å². The van der Waals surface area contributed by atoms with E-state index in [0.717, 1.165) is 25.0 Å². The van der Waals surface area contributed by atoms with Gasteiger partial charge < -0.3 is 5.32 Å². The zero-order valence-corrected chi connectivity index (χ0v) is 17.2. The summed E-state index contributed by atoms with van der Waals surface area (Å²) in [7, 11) is 1.24. The lowest BCUT2D eigenvalue weighted by Crippen LogP contribution is -2.25. The van der Waals surface area contributed by atoms with Gasteiger partial charge >= 0.3 is 12.4 Å². The number of nitrogens with zero attached hydrogens (tertiary/aromatic N) is 4. The minimum absolute atomic E-state index is 0.0580. The Bertz CT molecular complexity index is 1250. The van der Waals surface area contributed by atoms with Gasteiger partial charge in [-0.05, 0) is 18.9 Å². The highest BCUT2D eigenvalue weighted by molar-refractivity contribution is 7.17. The second-order valence-corrected chi connectivity index (χ2v) is 8.29. The van der Waals surface area contributed by atoms with Crippen LogP contribution in [0.25, 0.3) is 4.96 Å². The predicted molar refractivity (Wildman–Crippen MR) is 100 cm³/mol. The molecule has 0 spiro atoms. The molecule has 0 bridgehead atoms. The number of halogens is 6. The lowest BCUT2D eigenvalue weighted by Gasteiger charge is -2.10. The van der Waals surface area contributed by atoms with Crippen LogP contribution in [0, 0.1) is 0 Å². The molecule has 172 valence electrons. The fourth-order valence-electron chi connectivity index (χ4n) is 3.29. The Morgan fingerprint density at radius 1 is 1.19 bits per heavy atom. The van der Waals surface area contributed by atoms with E-state index in [4.69, 9.17) is 0 Å². The Morgan fingerprint density at radius 2 is 1.88 bits per heavy atom. The van der Waals surface area contributed by atoms with E-state index in [2.05, 4.69) is 15.4 Å². The minimum Gasteiger partial charge on any atom is -0.359 e. The molecular formula is C18H15F6N5O2S. The van der Waals surface area contributed by atoms with Gasteiger partial charge in [0.25, 0.3) is 5.56 Å². The number of fused-ring (bicyclic) bond motifs is 1. The first-order chi connectivity index (χ1) is 14.9. The monoisotopic (exact) mass is 479 g/mol. The maximum absolute atomic E-state index is 13.5. The Morgan fingerprint density at radius 3 is 2.44 bits per heavy atom. The molecule has 1 amide bonds. The molecular weight excluding hydrogens is 464 g/mol. The van der Waals surface area contributed by atoms with Gasteiger partial charge in [0.05, 0.1) is 30.0 Å². The molecule has 1 aliphatic carbocycles. The molecule has 3 heterocycles. The van der Waals surface area contributed by atoms with Crippen LogP contribution in [0.3, 0.4) is 0 Å². The third-order valence-electron chi connectivity index (χ3n) is 4.93. The van der Waals surface area contributed by atoms with Crippen molar-refractivity contribution < 1.29 is 31.1 Å². The van der Waals surface area contributed by atoms with Gasteiger partial charge in [0.2, 0.25) is 5.91 Å². The number of alkyl halides is 6. The number of nitrogens with one attached hydrogen (secondary N) is 1. The third-order valence-corrected chi connectivity index (χ3v) is 6.06. The molecule has 1 N–H and O–H groups in total. The van der Waals surface area contributed by atoms with Crippen molar-refractivity contribution in [2.75, 3.05) is 7.05 Å². The molecule has 7 nitrogen and oxygen atoms in total. The van der Waals surface area contributed by atoms with E-state index in [0.29, 0.717) is 9.08 Å². The van der Waals surface area contributed by atoms with Crippen LogP contribution in [-0.2, 0) is 30.1 Å². The fraction of sp³-hybridized carbons (Fsp3) is 0.444. The Kier molecular flexibility index (Phi) is 5.30.